The normalized spacial score (nSPS) is 10.5. The number of hydrogen-bond acceptors (Lipinski definition) is 6. The highest BCUT2D eigenvalue weighted by Gasteiger charge is 2.31. The van der Waals surface area contributed by atoms with Crippen molar-refractivity contribution in [3.8, 4) is 0 Å². The van der Waals surface area contributed by atoms with E-state index in [2.05, 4.69) is 0 Å². The molecule has 1 amide bonds. The number of aliphatic carboxylic acids is 1. The lowest BCUT2D eigenvalue weighted by atomic mass is 10.0. The topological polar surface area (TPSA) is 144 Å². The molecule has 0 radical (unpaired) electrons. The van der Waals surface area contributed by atoms with Gasteiger partial charge in [0.1, 0.15) is 0 Å². The van der Waals surface area contributed by atoms with E-state index in [0.29, 0.717) is 5.39 Å². The Bertz CT molecular complexity index is 910. The predicted molar refractivity (Wildman–Crippen MR) is 92.2 cm³/mol. The van der Waals surface area contributed by atoms with Gasteiger partial charge in [0.05, 0.1) is 20.9 Å². The third-order valence-electron chi connectivity index (χ3n) is 3.80. The first-order chi connectivity index (χ1) is 12.2. The number of carboxylic acid groups (broad SMARTS) is 1. The van der Waals surface area contributed by atoms with Crippen molar-refractivity contribution in [3.63, 3.8) is 0 Å². The summed E-state index contributed by atoms with van der Waals surface area (Å²) in [7, 11) is 0. The van der Waals surface area contributed by atoms with Crippen LogP contribution in [0.5, 0.6) is 0 Å². The zero-order valence-electron chi connectivity index (χ0n) is 13.7. The highest BCUT2D eigenvalue weighted by Crippen LogP contribution is 2.41. The third-order valence-corrected chi connectivity index (χ3v) is 3.80. The van der Waals surface area contributed by atoms with Gasteiger partial charge in [-0.15, -0.1) is 0 Å². The summed E-state index contributed by atoms with van der Waals surface area (Å²) < 4.78 is 0. The molecule has 0 unspecified atom stereocenters. The van der Waals surface area contributed by atoms with Crippen LogP contribution in [0.1, 0.15) is 19.8 Å². The molecule has 1 N–H and O–H groups in total. The molecule has 136 valence electrons. The van der Waals surface area contributed by atoms with E-state index in [9.17, 15) is 29.8 Å². The van der Waals surface area contributed by atoms with Gasteiger partial charge in [-0.05, 0) is 12.5 Å². The summed E-state index contributed by atoms with van der Waals surface area (Å²) in [5.41, 5.74) is -1.24. The van der Waals surface area contributed by atoms with Crippen LogP contribution in [0.15, 0.2) is 30.3 Å². The summed E-state index contributed by atoms with van der Waals surface area (Å²) in [6, 6.07) is 6.99. The molecular formula is C16H15N3O7. The molecule has 0 atom stereocenters. The van der Waals surface area contributed by atoms with Gasteiger partial charge in [-0.3, -0.25) is 29.8 Å². The largest absolute Gasteiger partial charge is 0.481 e. The minimum absolute atomic E-state index is 0.0145. The number of nitro groups is 2. The lowest BCUT2D eigenvalue weighted by Crippen LogP contribution is -2.30. The predicted octanol–water partition coefficient (Wildman–Crippen LogP) is 2.87. The van der Waals surface area contributed by atoms with E-state index in [1.54, 1.807) is 6.07 Å². The van der Waals surface area contributed by atoms with E-state index < -0.39 is 33.1 Å². The number of hydrogen-bond donors (Lipinski definition) is 1. The number of carboxylic acids is 1. The van der Waals surface area contributed by atoms with Crippen LogP contribution in [0.4, 0.5) is 17.1 Å². The first kappa shape index (κ1) is 18.8. The van der Waals surface area contributed by atoms with Crippen molar-refractivity contribution in [3.05, 3.63) is 50.6 Å². The van der Waals surface area contributed by atoms with Crippen molar-refractivity contribution in [2.75, 3.05) is 11.4 Å². The summed E-state index contributed by atoms with van der Waals surface area (Å²) in [6.45, 7) is 1.25. The van der Waals surface area contributed by atoms with Crippen LogP contribution in [-0.2, 0) is 9.59 Å². The monoisotopic (exact) mass is 361 g/mol. The first-order valence-corrected chi connectivity index (χ1v) is 7.58. The zero-order chi connectivity index (χ0) is 19.4. The number of carbonyl (C=O) groups excluding carboxylic acids is 1. The Kier molecular flexibility index (Phi) is 5.45. The summed E-state index contributed by atoms with van der Waals surface area (Å²) in [5, 5.41) is 31.8. The SMILES string of the molecule is CC(=O)N(CCCC(=O)O)c1cc([N+](=O)[O-])c([N+](=O)[O-])c2ccccc12. The molecule has 2 aromatic rings. The summed E-state index contributed by atoms with van der Waals surface area (Å²) in [5.74, 6) is -1.49. The summed E-state index contributed by atoms with van der Waals surface area (Å²) in [6.07, 6.45) is -0.0508. The van der Waals surface area contributed by atoms with Gasteiger partial charge in [0.2, 0.25) is 5.91 Å². The van der Waals surface area contributed by atoms with Gasteiger partial charge in [0.25, 0.3) is 0 Å². The lowest BCUT2D eigenvalue weighted by Gasteiger charge is -2.22. The number of anilines is 1. The van der Waals surface area contributed by atoms with Gasteiger partial charge >= 0.3 is 17.3 Å². The van der Waals surface area contributed by atoms with Gasteiger partial charge < -0.3 is 10.0 Å². The highest BCUT2D eigenvalue weighted by atomic mass is 16.6. The molecule has 0 bridgehead atoms. The average Bonchev–Trinajstić information content (AvgIpc) is 2.56. The van der Waals surface area contributed by atoms with E-state index in [-0.39, 0.29) is 30.5 Å². The Morgan fingerprint density at radius 1 is 1.12 bits per heavy atom. The zero-order valence-corrected chi connectivity index (χ0v) is 13.7. The van der Waals surface area contributed by atoms with Crippen molar-refractivity contribution >= 4 is 39.7 Å². The first-order valence-electron chi connectivity index (χ1n) is 7.58. The Labute approximate surface area is 146 Å². The van der Waals surface area contributed by atoms with Crippen LogP contribution in [0, 0.1) is 20.2 Å². The number of nitro benzene ring substituents is 2. The maximum atomic E-state index is 12.0. The molecule has 0 aliphatic rings. The van der Waals surface area contributed by atoms with Gasteiger partial charge in [-0.2, -0.15) is 0 Å². The Hall–Kier alpha value is -3.56. The highest BCUT2D eigenvalue weighted by molar-refractivity contribution is 6.08. The number of rotatable bonds is 7. The number of amides is 1. The lowest BCUT2D eigenvalue weighted by molar-refractivity contribution is -0.421. The van der Waals surface area contributed by atoms with Gasteiger partial charge in [0.15, 0.2) is 0 Å². The van der Waals surface area contributed by atoms with Gasteiger partial charge in [0, 0.05) is 31.3 Å². The summed E-state index contributed by atoms with van der Waals surface area (Å²) >= 11 is 0. The van der Waals surface area contributed by atoms with Crippen LogP contribution in [0.25, 0.3) is 10.8 Å². The van der Waals surface area contributed by atoms with Crippen LogP contribution in [0.2, 0.25) is 0 Å². The van der Waals surface area contributed by atoms with Crippen molar-refractivity contribution in [2.24, 2.45) is 0 Å². The van der Waals surface area contributed by atoms with Crippen LogP contribution in [-0.4, -0.2) is 33.4 Å². The summed E-state index contributed by atoms with van der Waals surface area (Å²) in [4.78, 5) is 44.9. The Morgan fingerprint density at radius 3 is 2.23 bits per heavy atom. The minimum atomic E-state index is -1.03. The Morgan fingerprint density at radius 2 is 1.73 bits per heavy atom. The fourth-order valence-corrected chi connectivity index (χ4v) is 2.72. The van der Waals surface area contributed by atoms with Crippen molar-refractivity contribution in [2.45, 2.75) is 19.8 Å². The molecule has 0 fully saturated rings. The van der Waals surface area contributed by atoms with Crippen molar-refractivity contribution < 1.29 is 24.5 Å². The van der Waals surface area contributed by atoms with E-state index in [0.717, 1.165) is 6.07 Å². The molecule has 0 saturated heterocycles. The number of nitrogens with zero attached hydrogens (tertiary/aromatic N) is 3. The van der Waals surface area contributed by atoms with E-state index in [1.165, 1.54) is 30.0 Å². The molecule has 0 spiro atoms. The molecule has 26 heavy (non-hydrogen) atoms. The molecule has 0 saturated carbocycles. The third kappa shape index (κ3) is 3.74. The van der Waals surface area contributed by atoms with Crippen LogP contribution >= 0.6 is 0 Å². The smallest absolute Gasteiger partial charge is 0.353 e. The maximum Gasteiger partial charge on any atom is 0.353 e. The number of carbonyl (C=O) groups is 2. The second kappa shape index (κ2) is 7.55. The molecular weight excluding hydrogens is 346 g/mol. The Balaban J connectivity index is 2.70. The number of fused-ring (bicyclic) bond motifs is 1. The van der Waals surface area contributed by atoms with E-state index >= 15 is 0 Å². The molecule has 0 aliphatic heterocycles. The molecule has 2 aromatic carbocycles. The molecule has 0 heterocycles. The second-order valence-corrected chi connectivity index (χ2v) is 5.49. The van der Waals surface area contributed by atoms with Crippen molar-refractivity contribution in [1.82, 2.24) is 0 Å². The molecule has 10 heteroatoms. The van der Waals surface area contributed by atoms with E-state index in [4.69, 9.17) is 5.11 Å². The van der Waals surface area contributed by atoms with Crippen LogP contribution < -0.4 is 4.90 Å². The molecule has 2 rings (SSSR count). The quantitative estimate of drug-likeness (QED) is 0.589. The second-order valence-electron chi connectivity index (χ2n) is 5.49. The van der Waals surface area contributed by atoms with E-state index in [1.807, 2.05) is 0 Å². The van der Waals surface area contributed by atoms with Gasteiger partial charge in [-0.1, -0.05) is 18.2 Å². The molecule has 0 aromatic heterocycles. The fourth-order valence-electron chi connectivity index (χ4n) is 2.72. The van der Waals surface area contributed by atoms with Gasteiger partial charge in [-0.25, -0.2) is 0 Å². The fraction of sp³-hybridized carbons (Fsp3) is 0.250. The maximum absolute atomic E-state index is 12.0. The number of benzene rings is 2. The van der Waals surface area contributed by atoms with Crippen LogP contribution in [0.3, 0.4) is 0 Å². The van der Waals surface area contributed by atoms with Crippen molar-refractivity contribution in [1.29, 1.82) is 0 Å². The average molecular weight is 361 g/mol. The minimum Gasteiger partial charge on any atom is -0.481 e. The standard InChI is InChI=1S/C16H15N3O7/c1-10(20)17(8-4-7-15(21)22)13-9-14(18(23)24)16(19(25)26)12-6-3-2-5-11(12)13/h2-3,5-6,9H,4,7-8H2,1H3,(H,21,22). The molecule has 10 nitrogen and oxygen atoms in total. The molecule has 0 aliphatic carbocycles.